The van der Waals surface area contributed by atoms with Gasteiger partial charge in [-0.25, -0.2) is 9.38 Å². The Labute approximate surface area is 199 Å². The molecule has 0 aliphatic carbocycles. The Morgan fingerprint density at radius 2 is 1.62 bits per heavy atom. The first-order valence-corrected chi connectivity index (χ1v) is 11.0. The maximum absolute atomic E-state index is 13.1. The molecule has 0 atom stereocenters. The van der Waals surface area contributed by atoms with E-state index in [0.29, 0.717) is 38.8 Å². The molecule has 0 fully saturated rings. The summed E-state index contributed by atoms with van der Waals surface area (Å²) in [6, 6.07) is 22.6. The zero-order valence-electron chi connectivity index (χ0n) is 18.2. The topological polar surface area (TPSA) is 85.5 Å². The van der Waals surface area contributed by atoms with E-state index >= 15 is 0 Å². The molecule has 1 amide bonds. The summed E-state index contributed by atoms with van der Waals surface area (Å²) < 4.78 is 3.22. The number of para-hydroxylation sites is 2. The maximum Gasteiger partial charge on any atom is 0.260 e. The van der Waals surface area contributed by atoms with E-state index in [0.717, 1.165) is 5.56 Å². The Hall–Kier alpha value is -4.23. The van der Waals surface area contributed by atoms with Crippen LogP contribution >= 0.6 is 11.6 Å². The molecule has 1 N–H and O–H groups in total. The second-order valence-corrected chi connectivity index (χ2v) is 8.31. The van der Waals surface area contributed by atoms with Crippen LogP contribution in [-0.2, 0) is 11.3 Å². The highest BCUT2D eigenvalue weighted by molar-refractivity contribution is 6.30. The number of amides is 1. The lowest BCUT2D eigenvalue weighted by atomic mass is 10.1. The second-order valence-electron chi connectivity index (χ2n) is 7.88. The smallest absolute Gasteiger partial charge is 0.260 e. The molecular weight excluding hydrogens is 452 g/mol. The molecule has 0 saturated heterocycles. The number of imidazole rings is 1. The van der Waals surface area contributed by atoms with E-state index in [1.165, 1.54) is 17.4 Å². The predicted octanol–water partition coefficient (Wildman–Crippen LogP) is 4.81. The van der Waals surface area contributed by atoms with E-state index < -0.39 is 0 Å². The van der Waals surface area contributed by atoms with Crippen LogP contribution in [0.25, 0.3) is 28.1 Å². The van der Waals surface area contributed by atoms with Gasteiger partial charge in [0.2, 0.25) is 11.7 Å². The monoisotopic (exact) mass is 470 g/mol. The van der Waals surface area contributed by atoms with Crippen molar-refractivity contribution < 1.29 is 9.59 Å². The molecule has 0 radical (unpaired) electrons. The quantitative estimate of drug-likeness (QED) is 0.373. The molecule has 0 saturated carbocycles. The fourth-order valence-electron chi connectivity index (χ4n) is 3.92. The van der Waals surface area contributed by atoms with Crippen LogP contribution < -0.4 is 10.9 Å². The average molecular weight is 471 g/mol. The Morgan fingerprint density at radius 3 is 2.29 bits per heavy atom. The fraction of sp³-hybridized carbons (Fsp3) is 0.0769. The molecule has 2 aromatic heterocycles. The van der Waals surface area contributed by atoms with Crippen LogP contribution in [0.5, 0.6) is 0 Å². The summed E-state index contributed by atoms with van der Waals surface area (Å²) in [5.41, 5.74) is 3.51. The number of ketones is 1. The van der Waals surface area contributed by atoms with E-state index in [2.05, 4.69) is 5.32 Å². The predicted molar refractivity (Wildman–Crippen MR) is 132 cm³/mol. The maximum atomic E-state index is 13.1. The number of carbonyl (C=O) groups is 2. The van der Waals surface area contributed by atoms with Gasteiger partial charge >= 0.3 is 0 Å². The van der Waals surface area contributed by atoms with Crippen LogP contribution in [0.2, 0.25) is 5.02 Å². The largest absolute Gasteiger partial charge is 0.325 e. The van der Waals surface area contributed by atoms with E-state index in [4.69, 9.17) is 16.6 Å². The first kappa shape index (κ1) is 21.6. The van der Waals surface area contributed by atoms with E-state index in [1.807, 2.05) is 24.3 Å². The van der Waals surface area contributed by atoms with Gasteiger partial charge in [-0.3, -0.25) is 14.4 Å². The van der Waals surface area contributed by atoms with Gasteiger partial charge in [0.15, 0.2) is 5.78 Å². The first-order valence-electron chi connectivity index (χ1n) is 10.6. The number of rotatable bonds is 5. The molecule has 8 heteroatoms. The van der Waals surface area contributed by atoms with Crippen molar-refractivity contribution >= 4 is 45.8 Å². The summed E-state index contributed by atoms with van der Waals surface area (Å²) in [7, 11) is 0. The number of hydrogen-bond donors (Lipinski definition) is 1. The Balaban J connectivity index is 1.57. The second kappa shape index (κ2) is 8.61. The molecule has 0 spiro atoms. The van der Waals surface area contributed by atoms with Crippen molar-refractivity contribution in [1.82, 2.24) is 14.0 Å². The summed E-state index contributed by atoms with van der Waals surface area (Å²) in [4.78, 5) is 42.2. The van der Waals surface area contributed by atoms with Gasteiger partial charge < -0.3 is 9.88 Å². The molecular formula is C26H19ClN4O3. The van der Waals surface area contributed by atoms with Gasteiger partial charge in [0.25, 0.3) is 5.56 Å². The summed E-state index contributed by atoms with van der Waals surface area (Å²) in [6.45, 7) is 1.44. The van der Waals surface area contributed by atoms with Gasteiger partial charge in [-0.15, -0.1) is 0 Å². The molecule has 3 aromatic carbocycles. The molecule has 0 unspecified atom stereocenters. The molecule has 5 rings (SSSR count). The average Bonchev–Trinajstić information content (AvgIpc) is 3.14. The van der Waals surface area contributed by atoms with Crippen molar-refractivity contribution in [3.8, 4) is 11.3 Å². The van der Waals surface area contributed by atoms with Crippen LogP contribution in [0.1, 0.15) is 17.3 Å². The number of Topliss-reactive ketones (excluding diaryl/α,β-unsaturated/α-hetero) is 1. The minimum absolute atomic E-state index is 0.0452. The van der Waals surface area contributed by atoms with Crippen molar-refractivity contribution in [3.63, 3.8) is 0 Å². The van der Waals surface area contributed by atoms with Crippen molar-refractivity contribution in [1.29, 1.82) is 0 Å². The number of benzene rings is 3. The number of aromatic nitrogens is 3. The van der Waals surface area contributed by atoms with Gasteiger partial charge in [-0.2, -0.15) is 0 Å². The van der Waals surface area contributed by atoms with Crippen molar-refractivity contribution in [2.24, 2.45) is 0 Å². The zero-order valence-corrected chi connectivity index (χ0v) is 18.9. The van der Waals surface area contributed by atoms with E-state index in [-0.39, 0.29) is 23.8 Å². The van der Waals surface area contributed by atoms with Crippen LogP contribution in [-0.4, -0.2) is 25.6 Å². The van der Waals surface area contributed by atoms with E-state index in [1.54, 1.807) is 53.1 Å². The SMILES string of the molecule is CC(=O)c1ccc(NC(=O)Cn2c3ccccc3n3c(=O)cc(-c4ccc(Cl)cc4)nc23)cc1. The van der Waals surface area contributed by atoms with Gasteiger partial charge in [-0.05, 0) is 55.5 Å². The molecule has 0 aliphatic heterocycles. The van der Waals surface area contributed by atoms with Crippen molar-refractivity contribution in [2.45, 2.75) is 13.5 Å². The van der Waals surface area contributed by atoms with Crippen molar-refractivity contribution in [3.05, 3.63) is 99.8 Å². The third kappa shape index (κ3) is 3.97. The summed E-state index contributed by atoms with van der Waals surface area (Å²) in [6.07, 6.45) is 0. The number of carbonyl (C=O) groups excluding carboxylic acids is 2. The van der Waals surface area contributed by atoms with Crippen LogP contribution in [0.15, 0.2) is 83.7 Å². The number of nitrogens with one attached hydrogen (secondary N) is 1. The van der Waals surface area contributed by atoms with Gasteiger partial charge in [0, 0.05) is 27.9 Å². The van der Waals surface area contributed by atoms with Crippen molar-refractivity contribution in [2.75, 3.05) is 5.32 Å². The minimum Gasteiger partial charge on any atom is -0.325 e. The standard InChI is InChI=1S/C26H19ClN4O3/c1-16(32)17-8-12-20(13-9-17)28-24(33)15-30-22-4-2-3-5-23(22)31-25(34)14-21(29-26(30)31)18-6-10-19(27)11-7-18/h2-14H,15H2,1H3,(H,28,33). The lowest BCUT2D eigenvalue weighted by molar-refractivity contribution is -0.116. The highest BCUT2D eigenvalue weighted by atomic mass is 35.5. The van der Waals surface area contributed by atoms with Crippen LogP contribution in [0.4, 0.5) is 5.69 Å². The molecule has 7 nitrogen and oxygen atoms in total. The zero-order chi connectivity index (χ0) is 23.8. The third-order valence-corrected chi connectivity index (χ3v) is 5.82. The Morgan fingerprint density at radius 1 is 0.941 bits per heavy atom. The lowest BCUT2D eigenvalue weighted by Gasteiger charge is -2.09. The number of fused-ring (bicyclic) bond motifs is 3. The molecule has 5 aromatic rings. The molecule has 2 heterocycles. The summed E-state index contributed by atoms with van der Waals surface area (Å²) in [5.74, 6) is 0.0295. The number of hydrogen-bond acceptors (Lipinski definition) is 4. The van der Waals surface area contributed by atoms with Crippen LogP contribution in [0, 0.1) is 0 Å². The van der Waals surface area contributed by atoms with Gasteiger partial charge in [0.05, 0.1) is 16.7 Å². The van der Waals surface area contributed by atoms with Crippen LogP contribution in [0.3, 0.4) is 0 Å². The Bertz CT molecular complexity index is 1620. The first-order chi connectivity index (χ1) is 16.4. The van der Waals surface area contributed by atoms with Gasteiger partial charge in [0.1, 0.15) is 6.54 Å². The van der Waals surface area contributed by atoms with Gasteiger partial charge in [-0.1, -0.05) is 35.9 Å². The normalized spacial score (nSPS) is 11.1. The molecule has 0 aliphatic rings. The lowest BCUT2D eigenvalue weighted by Crippen LogP contribution is -2.20. The number of halogens is 1. The minimum atomic E-state index is -0.287. The van der Waals surface area contributed by atoms with E-state index in [9.17, 15) is 14.4 Å². The summed E-state index contributed by atoms with van der Waals surface area (Å²) >= 11 is 6.00. The number of anilines is 1. The highest BCUT2D eigenvalue weighted by Gasteiger charge is 2.17. The third-order valence-electron chi connectivity index (χ3n) is 5.57. The Kier molecular flexibility index (Phi) is 5.47. The molecule has 0 bridgehead atoms. The fourth-order valence-corrected chi connectivity index (χ4v) is 4.05. The number of nitrogens with zero attached hydrogens (tertiary/aromatic N) is 3. The molecule has 34 heavy (non-hydrogen) atoms. The molecule has 168 valence electrons. The summed E-state index contributed by atoms with van der Waals surface area (Å²) in [5, 5.41) is 3.43. The highest BCUT2D eigenvalue weighted by Crippen LogP contribution is 2.23.